The average Bonchev–Trinajstić information content (AvgIpc) is 2.76. The second-order valence-electron chi connectivity index (χ2n) is 3.91. The number of carboxylic acids is 1. The van der Waals surface area contributed by atoms with Gasteiger partial charge in [-0.15, -0.1) is 0 Å². The molecule has 0 saturated carbocycles. The van der Waals surface area contributed by atoms with Crippen molar-refractivity contribution < 1.29 is 23.8 Å². The third-order valence-electron chi connectivity index (χ3n) is 2.66. The Hall–Kier alpha value is -2.11. The number of hydrogen-bond donors (Lipinski definition) is 1. The minimum Gasteiger partial charge on any atom is -0.476 e. The molecule has 6 heteroatoms. The van der Waals surface area contributed by atoms with E-state index in [0.29, 0.717) is 18.7 Å². The highest BCUT2D eigenvalue weighted by Crippen LogP contribution is 2.24. The van der Waals surface area contributed by atoms with Gasteiger partial charge in [-0.25, -0.2) is 4.79 Å². The maximum Gasteiger partial charge on any atom is 0.378 e. The lowest BCUT2D eigenvalue weighted by Crippen LogP contribution is -2.24. The molecule has 0 bridgehead atoms. The standard InChI is InChI=1S/C12H12FNO4/c13-11(12(16)17)18-9-5-3-8(4-6-9)14-7-1-2-10(14)15/h3-6,11H,1-2,7H2,(H,16,17). The number of benzene rings is 1. The molecule has 5 nitrogen and oxygen atoms in total. The molecule has 0 aliphatic carbocycles. The zero-order valence-electron chi connectivity index (χ0n) is 9.51. The molecule has 1 atom stereocenters. The van der Waals surface area contributed by atoms with Crippen LogP contribution in [-0.2, 0) is 9.59 Å². The van der Waals surface area contributed by atoms with Crippen molar-refractivity contribution in [3.63, 3.8) is 0 Å². The third kappa shape index (κ3) is 2.58. The van der Waals surface area contributed by atoms with Gasteiger partial charge in [-0.3, -0.25) is 4.79 Å². The number of nitrogens with zero attached hydrogens (tertiary/aromatic N) is 1. The summed E-state index contributed by atoms with van der Waals surface area (Å²) in [5.41, 5.74) is 0.704. The highest BCUT2D eigenvalue weighted by molar-refractivity contribution is 5.95. The van der Waals surface area contributed by atoms with Crippen LogP contribution in [0.15, 0.2) is 24.3 Å². The number of carboxylic acid groups (broad SMARTS) is 1. The number of carbonyl (C=O) groups is 2. The molecule has 1 amide bonds. The van der Waals surface area contributed by atoms with Crippen LogP contribution in [0, 0.1) is 0 Å². The first-order valence-corrected chi connectivity index (χ1v) is 5.52. The first-order chi connectivity index (χ1) is 8.58. The molecular weight excluding hydrogens is 241 g/mol. The molecule has 1 N–H and O–H groups in total. The van der Waals surface area contributed by atoms with Crippen LogP contribution in [0.2, 0.25) is 0 Å². The van der Waals surface area contributed by atoms with Crippen LogP contribution in [0.3, 0.4) is 0 Å². The zero-order valence-corrected chi connectivity index (χ0v) is 9.51. The molecule has 1 heterocycles. The monoisotopic (exact) mass is 253 g/mol. The second kappa shape index (κ2) is 5.03. The first-order valence-electron chi connectivity index (χ1n) is 5.52. The Morgan fingerprint density at radius 3 is 2.56 bits per heavy atom. The van der Waals surface area contributed by atoms with Gasteiger partial charge in [0.1, 0.15) is 5.75 Å². The SMILES string of the molecule is O=C(O)C(F)Oc1ccc(N2CCCC2=O)cc1. The number of aliphatic carboxylic acids is 1. The summed E-state index contributed by atoms with van der Waals surface area (Å²) < 4.78 is 17.3. The maximum absolute atomic E-state index is 12.8. The van der Waals surface area contributed by atoms with Crippen LogP contribution in [0.5, 0.6) is 5.75 Å². The molecule has 1 unspecified atom stereocenters. The van der Waals surface area contributed by atoms with Crippen molar-refractivity contribution in [1.82, 2.24) is 0 Å². The fourth-order valence-corrected chi connectivity index (χ4v) is 1.80. The van der Waals surface area contributed by atoms with Gasteiger partial charge < -0.3 is 14.7 Å². The van der Waals surface area contributed by atoms with Crippen LogP contribution < -0.4 is 9.64 Å². The van der Waals surface area contributed by atoms with Crippen molar-refractivity contribution >= 4 is 17.6 Å². The van der Waals surface area contributed by atoms with Gasteiger partial charge in [-0.1, -0.05) is 0 Å². The Morgan fingerprint density at radius 1 is 1.39 bits per heavy atom. The molecule has 96 valence electrons. The Kier molecular flexibility index (Phi) is 3.45. The van der Waals surface area contributed by atoms with E-state index in [1.165, 1.54) is 12.1 Å². The van der Waals surface area contributed by atoms with Crippen molar-refractivity contribution in [2.45, 2.75) is 19.2 Å². The fraction of sp³-hybridized carbons (Fsp3) is 0.333. The van der Waals surface area contributed by atoms with E-state index in [9.17, 15) is 14.0 Å². The lowest BCUT2D eigenvalue weighted by atomic mass is 10.3. The molecule has 1 aliphatic heterocycles. The molecule has 18 heavy (non-hydrogen) atoms. The molecule has 0 spiro atoms. The molecule has 0 aromatic heterocycles. The molecule has 1 saturated heterocycles. The Balaban J connectivity index is 2.05. The van der Waals surface area contributed by atoms with E-state index in [0.717, 1.165) is 6.42 Å². The first kappa shape index (κ1) is 12.3. The van der Waals surface area contributed by atoms with E-state index in [4.69, 9.17) is 5.11 Å². The average molecular weight is 253 g/mol. The largest absolute Gasteiger partial charge is 0.476 e. The number of ether oxygens (including phenoxy) is 1. The predicted octanol–water partition coefficient (Wildman–Crippen LogP) is 1.57. The number of hydrogen-bond acceptors (Lipinski definition) is 3. The summed E-state index contributed by atoms with van der Waals surface area (Å²) in [4.78, 5) is 23.4. The van der Waals surface area contributed by atoms with Crippen molar-refractivity contribution in [1.29, 1.82) is 0 Å². The summed E-state index contributed by atoms with van der Waals surface area (Å²) in [5.74, 6) is -1.51. The minimum atomic E-state index is -2.38. The Bertz CT molecular complexity index is 460. The molecule has 1 aromatic carbocycles. The molecule has 1 aromatic rings. The number of anilines is 1. The van der Waals surface area contributed by atoms with Gasteiger partial charge in [0.15, 0.2) is 0 Å². The van der Waals surface area contributed by atoms with Gasteiger partial charge in [0.2, 0.25) is 5.91 Å². The van der Waals surface area contributed by atoms with Gasteiger partial charge in [-0.2, -0.15) is 4.39 Å². The van der Waals surface area contributed by atoms with E-state index in [1.54, 1.807) is 17.0 Å². The van der Waals surface area contributed by atoms with Crippen LogP contribution in [0.4, 0.5) is 10.1 Å². The van der Waals surface area contributed by atoms with Crippen molar-refractivity contribution in [3.8, 4) is 5.75 Å². The Morgan fingerprint density at radius 2 is 2.06 bits per heavy atom. The van der Waals surface area contributed by atoms with Crippen molar-refractivity contribution in [2.75, 3.05) is 11.4 Å². The van der Waals surface area contributed by atoms with Crippen molar-refractivity contribution in [3.05, 3.63) is 24.3 Å². The molecule has 1 aliphatic rings. The zero-order chi connectivity index (χ0) is 13.1. The van der Waals surface area contributed by atoms with E-state index in [-0.39, 0.29) is 11.7 Å². The van der Waals surface area contributed by atoms with Crippen molar-refractivity contribution in [2.24, 2.45) is 0 Å². The number of alkyl halides is 1. The van der Waals surface area contributed by atoms with Crippen LogP contribution in [0.25, 0.3) is 0 Å². The quantitative estimate of drug-likeness (QED) is 0.884. The van der Waals surface area contributed by atoms with E-state index >= 15 is 0 Å². The highest BCUT2D eigenvalue weighted by atomic mass is 19.1. The summed E-state index contributed by atoms with van der Waals surface area (Å²) >= 11 is 0. The summed E-state index contributed by atoms with van der Waals surface area (Å²) in [5, 5.41) is 8.35. The van der Waals surface area contributed by atoms with Gasteiger partial charge >= 0.3 is 12.3 Å². The normalized spacial score (nSPS) is 16.7. The van der Waals surface area contributed by atoms with E-state index in [1.807, 2.05) is 0 Å². The van der Waals surface area contributed by atoms with Gasteiger partial charge in [0, 0.05) is 18.7 Å². The lowest BCUT2D eigenvalue weighted by Gasteiger charge is -2.16. The van der Waals surface area contributed by atoms with Gasteiger partial charge in [0.05, 0.1) is 0 Å². The fourth-order valence-electron chi connectivity index (χ4n) is 1.80. The number of rotatable bonds is 4. The number of halogens is 1. The summed E-state index contributed by atoms with van der Waals surface area (Å²) in [6.07, 6.45) is -1.03. The molecule has 2 rings (SSSR count). The summed E-state index contributed by atoms with van der Waals surface area (Å²) in [6.45, 7) is 0.667. The summed E-state index contributed by atoms with van der Waals surface area (Å²) in [6, 6.07) is 6.09. The molecule has 1 fully saturated rings. The van der Waals surface area contributed by atoms with Crippen LogP contribution in [-0.4, -0.2) is 29.9 Å². The minimum absolute atomic E-state index is 0.0533. The van der Waals surface area contributed by atoms with Gasteiger partial charge in [-0.05, 0) is 30.7 Å². The van der Waals surface area contributed by atoms with E-state index < -0.39 is 12.3 Å². The summed E-state index contributed by atoms with van der Waals surface area (Å²) in [7, 11) is 0. The maximum atomic E-state index is 12.8. The second-order valence-corrected chi connectivity index (χ2v) is 3.91. The van der Waals surface area contributed by atoms with Crippen LogP contribution >= 0.6 is 0 Å². The van der Waals surface area contributed by atoms with Crippen LogP contribution in [0.1, 0.15) is 12.8 Å². The smallest absolute Gasteiger partial charge is 0.378 e. The predicted molar refractivity (Wildman–Crippen MR) is 61.2 cm³/mol. The lowest BCUT2D eigenvalue weighted by molar-refractivity contribution is -0.153. The highest BCUT2D eigenvalue weighted by Gasteiger charge is 2.22. The molecule has 0 radical (unpaired) electrons. The Labute approximate surface area is 103 Å². The topological polar surface area (TPSA) is 66.8 Å². The third-order valence-corrected chi connectivity index (χ3v) is 2.66. The molecular formula is C12H12FNO4. The number of amides is 1. The van der Waals surface area contributed by atoms with E-state index in [2.05, 4.69) is 4.74 Å². The number of carbonyl (C=O) groups excluding carboxylic acids is 1. The van der Waals surface area contributed by atoms with Gasteiger partial charge in [0.25, 0.3) is 0 Å².